The van der Waals surface area contributed by atoms with Crippen LogP contribution >= 0.6 is 0 Å². The molecule has 3 N–H and O–H groups in total. The molecule has 0 aromatic carbocycles. The second kappa shape index (κ2) is 6.15. The summed E-state index contributed by atoms with van der Waals surface area (Å²) >= 11 is 0. The van der Waals surface area contributed by atoms with Crippen LogP contribution in [-0.4, -0.2) is 29.7 Å². The molecule has 0 rings (SSSR count). The summed E-state index contributed by atoms with van der Waals surface area (Å²) in [5.74, 6) is -1.04. The van der Waals surface area contributed by atoms with Crippen molar-refractivity contribution in [2.24, 2.45) is 5.41 Å². The van der Waals surface area contributed by atoms with Crippen molar-refractivity contribution in [3.8, 4) is 0 Å². The maximum atomic E-state index is 11.4. The number of hydrogen-bond donors (Lipinski definition) is 3. The summed E-state index contributed by atoms with van der Waals surface area (Å²) in [5.41, 5.74) is -0.526. The van der Waals surface area contributed by atoms with E-state index in [1.807, 2.05) is 0 Å². The van der Waals surface area contributed by atoms with Gasteiger partial charge in [0, 0.05) is 6.54 Å². The van der Waals surface area contributed by atoms with Gasteiger partial charge >= 0.3 is 12.0 Å². The zero-order chi connectivity index (χ0) is 12.8. The molecule has 0 spiro atoms. The first-order chi connectivity index (χ1) is 7.29. The molecule has 0 aromatic rings. The molecule has 0 saturated carbocycles. The molecule has 5 nitrogen and oxygen atoms in total. The number of nitrogens with one attached hydrogen (secondary N) is 2. The second-order valence-electron chi connectivity index (χ2n) is 4.61. The lowest BCUT2D eigenvalue weighted by atomic mass is 9.87. The Balaban J connectivity index is 4.25. The van der Waals surface area contributed by atoms with Crippen molar-refractivity contribution in [1.29, 1.82) is 0 Å². The number of carboxylic acid groups (broad SMARTS) is 1. The lowest BCUT2D eigenvalue weighted by Gasteiger charge is -2.27. The van der Waals surface area contributed by atoms with Gasteiger partial charge in [0.25, 0.3) is 0 Å². The quantitative estimate of drug-likeness (QED) is 0.491. The largest absolute Gasteiger partial charge is 0.480 e. The molecule has 2 amide bonds. The van der Waals surface area contributed by atoms with Gasteiger partial charge in [0.2, 0.25) is 0 Å². The van der Waals surface area contributed by atoms with Crippen LogP contribution in [0.15, 0.2) is 12.7 Å². The SMILES string of the molecule is C=CCCNC(=O)NC(C(=O)O)C(C)(C)C. The van der Waals surface area contributed by atoms with Gasteiger partial charge in [-0.2, -0.15) is 0 Å². The van der Waals surface area contributed by atoms with Crippen LogP contribution in [0, 0.1) is 5.41 Å². The lowest BCUT2D eigenvalue weighted by molar-refractivity contribution is -0.141. The third-order valence-corrected chi connectivity index (χ3v) is 2.02. The maximum absolute atomic E-state index is 11.4. The maximum Gasteiger partial charge on any atom is 0.326 e. The van der Waals surface area contributed by atoms with Gasteiger partial charge in [-0.3, -0.25) is 0 Å². The van der Waals surface area contributed by atoms with E-state index in [0.29, 0.717) is 13.0 Å². The topological polar surface area (TPSA) is 78.4 Å². The van der Waals surface area contributed by atoms with Gasteiger partial charge in [-0.1, -0.05) is 26.8 Å². The Labute approximate surface area is 95.9 Å². The Kier molecular flexibility index (Phi) is 5.56. The van der Waals surface area contributed by atoms with Crippen molar-refractivity contribution in [1.82, 2.24) is 10.6 Å². The highest BCUT2D eigenvalue weighted by molar-refractivity contribution is 5.83. The average Bonchev–Trinajstić information content (AvgIpc) is 2.12. The van der Waals surface area contributed by atoms with Crippen molar-refractivity contribution in [2.45, 2.75) is 33.2 Å². The Hall–Kier alpha value is -1.52. The summed E-state index contributed by atoms with van der Waals surface area (Å²) in [7, 11) is 0. The Morgan fingerprint density at radius 2 is 2.00 bits per heavy atom. The fourth-order valence-corrected chi connectivity index (χ4v) is 1.12. The van der Waals surface area contributed by atoms with Gasteiger partial charge in [0.1, 0.15) is 6.04 Å². The van der Waals surface area contributed by atoms with E-state index in [0.717, 1.165) is 0 Å². The van der Waals surface area contributed by atoms with Crippen LogP contribution in [0.5, 0.6) is 0 Å². The molecule has 5 heteroatoms. The van der Waals surface area contributed by atoms with Crippen LogP contribution in [0.2, 0.25) is 0 Å². The van der Waals surface area contributed by atoms with E-state index in [2.05, 4.69) is 17.2 Å². The van der Waals surface area contributed by atoms with Crippen LogP contribution in [-0.2, 0) is 4.79 Å². The highest BCUT2D eigenvalue weighted by atomic mass is 16.4. The van der Waals surface area contributed by atoms with E-state index < -0.39 is 23.5 Å². The van der Waals surface area contributed by atoms with Crippen molar-refractivity contribution >= 4 is 12.0 Å². The predicted molar refractivity (Wildman–Crippen MR) is 62.2 cm³/mol. The van der Waals surface area contributed by atoms with Gasteiger partial charge in [0.15, 0.2) is 0 Å². The van der Waals surface area contributed by atoms with Gasteiger partial charge < -0.3 is 15.7 Å². The van der Waals surface area contributed by atoms with E-state index in [4.69, 9.17) is 5.11 Å². The number of carbonyl (C=O) groups is 2. The van der Waals surface area contributed by atoms with E-state index in [1.54, 1.807) is 26.8 Å². The molecular weight excluding hydrogens is 208 g/mol. The Morgan fingerprint density at radius 1 is 1.44 bits per heavy atom. The van der Waals surface area contributed by atoms with Gasteiger partial charge in [-0.15, -0.1) is 6.58 Å². The first-order valence-corrected chi connectivity index (χ1v) is 5.17. The number of carboxylic acids is 1. The molecule has 1 unspecified atom stereocenters. The highest BCUT2D eigenvalue weighted by Crippen LogP contribution is 2.19. The standard InChI is InChI=1S/C11H20N2O3/c1-5-6-7-12-10(16)13-8(9(14)15)11(2,3)4/h5,8H,1,6-7H2,2-4H3,(H,14,15)(H2,12,13,16). The fraction of sp³-hybridized carbons (Fsp3) is 0.636. The number of urea groups is 1. The predicted octanol–water partition coefficient (Wildman–Crippen LogP) is 1.36. The van der Waals surface area contributed by atoms with Crippen LogP contribution in [0.25, 0.3) is 0 Å². The van der Waals surface area contributed by atoms with Crippen molar-refractivity contribution in [3.05, 3.63) is 12.7 Å². The summed E-state index contributed by atoms with van der Waals surface area (Å²) in [6.07, 6.45) is 2.33. The monoisotopic (exact) mass is 228 g/mol. The van der Waals surface area contributed by atoms with E-state index >= 15 is 0 Å². The third kappa shape index (κ3) is 5.38. The molecule has 0 radical (unpaired) electrons. The molecule has 0 saturated heterocycles. The highest BCUT2D eigenvalue weighted by Gasteiger charge is 2.32. The normalized spacial score (nSPS) is 12.7. The summed E-state index contributed by atoms with van der Waals surface area (Å²) in [4.78, 5) is 22.3. The van der Waals surface area contributed by atoms with E-state index in [-0.39, 0.29) is 0 Å². The molecule has 0 aliphatic heterocycles. The van der Waals surface area contributed by atoms with Crippen LogP contribution in [0.3, 0.4) is 0 Å². The minimum atomic E-state index is -1.04. The number of carbonyl (C=O) groups excluding carboxylic acids is 1. The lowest BCUT2D eigenvalue weighted by Crippen LogP contribution is -2.52. The zero-order valence-corrected chi connectivity index (χ0v) is 10.0. The molecule has 0 aromatic heterocycles. The molecule has 0 aliphatic carbocycles. The number of hydrogen-bond acceptors (Lipinski definition) is 2. The molecule has 0 bridgehead atoms. The number of aliphatic carboxylic acids is 1. The molecule has 16 heavy (non-hydrogen) atoms. The minimum absolute atomic E-state index is 0.450. The molecular formula is C11H20N2O3. The Bertz CT molecular complexity index is 269. The van der Waals surface area contributed by atoms with Crippen LogP contribution in [0.4, 0.5) is 4.79 Å². The Morgan fingerprint density at radius 3 is 2.38 bits per heavy atom. The third-order valence-electron chi connectivity index (χ3n) is 2.02. The van der Waals surface area contributed by atoms with E-state index in [1.165, 1.54) is 0 Å². The summed E-state index contributed by atoms with van der Waals surface area (Å²) in [6, 6.07) is -1.37. The fourth-order valence-electron chi connectivity index (χ4n) is 1.12. The van der Waals surface area contributed by atoms with Crippen molar-refractivity contribution < 1.29 is 14.7 Å². The van der Waals surface area contributed by atoms with Crippen molar-refractivity contribution in [3.63, 3.8) is 0 Å². The number of rotatable bonds is 5. The van der Waals surface area contributed by atoms with Crippen LogP contribution in [0.1, 0.15) is 27.2 Å². The first kappa shape index (κ1) is 14.5. The molecule has 0 aliphatic rings. The zero-order valence-electron chi connectivity index (χ0n) is 10.0. The summed E-state index contributed by atoms with van der Waals surface area (Å²) < 4.78 is 0. The molecule has 92 valence electrons. The van der Waals surface area contributed by atoms with Gasteiger partial charge in [-0.25, -0.2) is 9.59 Å². The first-order valence-electron chi connectivity index (χ1n) is 5.17. The minimum Gasteiger partial charge on any atom is -0.480 e. The number of amides is 2. The molecule has 0 heterocycles. The van der Waals surface area contributed by atoms with E-state index in [9.17, 15) is 9.59 Å². The summed E-state index contributed by atoms with van der Waals surface area (Å²) in [5, 5.41) is 14.0. The van der Waals surface area contributed by atoms with Gasteiger partial charge in [-0.05, 0) is 11.8 Å². The smallest absolute Gasteiger partial charge is 0.326 e. The summed E-state index contributed by atoms with van der Waals surface area (Å²) in [6.45, 7) is 9.25. The van der Waals surface area contributed by atoms with Gasteiger partial charge in [0.05, 0.1) is 0 Å². The molecule has 1 atom stereocenters. The second-order valence-corrected chi connectivity index (χ2v) is 4.61. The molecule has 0 fully saturated rings. The average molecular weight is 228 g/mol. The van der Waals surface area contributed by atoms with Crippen LogP contribution < -0.4 is 10.6 Å². The van der Waals surface area contributed by atoms with Crippen molar-refractivity contribution in [2.75, 3.05) is 6.54 Å².